The van der Waals surface area contributed by atoms with E-state index in [0.717, 1.165) is 37.4 Å². The minimum absolute atomic E-state index is 0.0972. The van der Waals surface area contributed by atoms with Gasteiger partial charge >= 0.3 is 0 Å². The Morgan fingerprint density at radius 1 is 1.19 bits per heavy atom. The third-order valence-electron chi connectivity index (χ3n) is 5.70. The van der Waals surface area contributed by atoms with Crippen LogP contribution >= 0.6 is 0 Å². The van der Waals surface area contributed by atoms with Crippen LogP contribution in [0.4, 0.5) is 10.1 Å². The standard InChI is InChI=1S/C19H27FN6/c1-23(2)18-13-24(14-19(18)26-11-8-21-22-26)12-15-16(20)6-5-7-17(15)25-9-3-4-10-25/h5-8,11,18-19H,3-4,9-10,12-14H2,1-2H3/t18-,19+/m1/s1. The molecule has 0 amide bonds. The summed E-state index contributed by atoms with van der Waals surface area (Å²) in [7, 11) is 4.19. The third-order valence-corrected chi connectivity index (χ3v) is 5.70. The maximum atomic E-state index is 14.7. The molecule has 0 unspecified atom stereocenters. The van der Waals surface area contributed by atoms with Gasteiger partial charge in [0.05, 0.1) is 12.2 Å². The second-order valence-electron chi connectivity index (χ2n) is 7.61. The largest absolute Gasteiger partial charge is 0.371 e. The number of likely N-dealkylation sites (N-methyl/N-ethyl adjacent to an activating group) is 1. The summed E-state index contributed by atoms with van der Waals surface area (Å²) in [6.45, 7) is 4.43. The molecule has 6 nitrogen and oxygen atoms in total. The predicted molar refractivity (Wildman–Crippen MR) is 99.7 cm³/mol. The van der Waals surface area contributed by atoms with E-state index in [1.165, 1.54) is 12.8 Å². The zero-order chi connectivity index (χ0) is 18.1. The van der Waals surface area contributed by atoms with Crippen LogP contribution in [-0.4, -0.2) is 71.1 Å². The van der Waals surface area contributed by atoms with Crippen molar-refractivity contribution in [1.82, 2.24) is 24.8 Å². The fourth-order valence-electron chi connectivity index (χ4n) is 4.32. The average Bonchev–Trinajstić information content (AvgIpc) is 3.38. The second-order valence-corrected chi connectivity index (χ2v) is 7.61. The SMILES string of the molecule is CN(C)[C@@H]1CN(Cc2c(F)cccc2N2CCCC2)C[C@@H]1n1ccnn1. The van der Waals surface area contributed by atoms with Gasteiger partial charge in [0.2, 0.25) is 0 Å². The van der Waals surface area contributed by atoms with Crippen LogP contribution in [0.1, 0.15) is 24.4 Å². The lowest BCUT2D eigenvalue weighted by molar-refractivity contribution is 0.237. The molecule has 26 heavy (non-hydrogen) atoms. The number of halogens is 1. The minimum atomic E-state index is -0.0972. The van der Waals surface area contributed by atoms with E-state index >= 15 is 0 Å². The first kappa shape index (κ1) is 17.4. The van der Waals surface area contributed by atoms with E-state index in [9.17, 15) is 4.39 Å². The molecule has 0 aliphatic carbocycles. The van der Waals surface area contributed by atoms with Crippen molar-refractivity contribution in [1.29, 1.82) is 0 Å². The lowest BCUT2D eigenvalue weighted by Gasteiger charge is -2.25. The molecule has 7 heteroatoms. The zero-order valence-electron chi connectivity index (χ0n) is 15.6. The molecular formula is C19H27FN6. The molecule has 2 aliphatic rings. The molecule has 2 fully saturated rings. The van der Waals surface area contributed by atoms with Crippen molar-refractivity contribution in [2.45, 2.75) is 31.5 Å². The Morgan fingerprint density at radius 3 is 2.69 bits per heavy atom. The van der Waals surface area contributed by atoms with Crippen molar-refractivity contribution in [2.24, 2.45) is 0 Å². The first-order valence-electron chi connectivity index (χ1n) is 9.40. The van der Waals surface area contributed by atoms with Crippen LogP contribution in [0.2, 0.25) is 0 Å². The van der Waals surface area contributed by atoms with Crippen LogP contribution in [0, 0.1) is 5.82 Å². The summed E-state index contributed by atoms with van der Waals surface area (Å²) in [5, 5.41) is 8.16. The van der Waals surface area contributed by atoms with Gasteiger partial charge in [-0.15, -0.1) is 5.10 Å². The van der Waals surface area contributed by atoms with Crippen molar-refractivity contribution < 1.29 is 4.39 Å². The molecule has 0 bridgehead atoms. The molecule has 2 saturated heterocycles. The molecule has 1 aromatic heterocycles. The van der Waals surface area contributed by atoms with Crippen LogP contribution in [0.3, 0.4) is 0 Å². The normalized spacial score (nSPS) is 24.1. The molecular weight excluding hydrogens is 331 g/mol. The Balaban J connectivity index is 1.56. The Hall–Kier alpha value is -1.99. The van der Waals surface area contributed by atoms with E-state index in [1.54, 1.807) is 12.3 Å². The highest BCUT2D eigenvalue weighted by molar-refractivity contribution is 5.55. The summed E-state index contributed by atoms with van der Waals surface area (Å²) in [6, 6.07) is 6.05. The number of rotatable bonds is 5. The molecule has 2 atom stereocenters. The van der Waals surface area contributed by atoms with Crippen molar-refractivity contribution >= 4 is 5.69 Å². The monoisotopic (exact) mass is 358 g/mol. The first-order chi connectivity index (χ1) is 12.6. The van der Waals surface area contributed by atoms with Crippen LogP contribution in [0.15, 0.2) is 30.6 Å². The maximum absolute atomic E-state index is 14.7. The van der Waals surface area contributed by atoms with Gasteiger partial charge in [0, 0.05) is 56.2 Å². The fraction of sp³-hybridized carbons (Fsp3) is 0.579. The summed E-state index contributed by atoms with van der Waals surface area (Å²) < 4.78 is 16.6. The summed E-state index contributed by atoms with van der Waals surface area (Å²) in [6.07, 6.45) is 6.02. The van der Waals surface area contributed by atoms with Gasteiger partial charge in [-0.1, -0.05) is 11.3 Å². The van der Waals surface area contributed by atoms with E-state index < -0.39 is 0 Å². The molecule has 4 rings (SSSR count). The highest BCUT2D eigenvalue weighted by Gasteiger charge is 2.36. The molecule has 2 aromatic rings. The number of benzene rings is 1. The average molecular weight is 358 g/mol. The summed E-state index contributed by atoms with van der Waals surface area (Å²) >= 11 is 0. The maximum Gasteiger partial charge on any atom is 0.129 e. The van der Waals surface area contributed by atoms with Crippen molar-refractivity contribution in [3.8, 4) is 0 Å². The molecule has 140 valence electrons. The fourth-order valence-corrected chi connectivity index (χ4v) is 4.32. The highest BCUT2D eigenvalue weighted by atomic mass is 19.1. The Kier molecular flexibility index (Phi) is 4.91. The van der Waals surface area contributed by atoms with Gasteiger partial charge in [-0.05, 0) is 39.1 Å². The van der Waals surface area contributed by atoms with Crippen molar-refractivity contribution in [3.05, 3.63) is 42.0 Å². The van der Waals surface area contributed by atoms with E-state index in [0.29, 0.717) is 12.6 Å². The lowest BCUT2D eigenvalue weighted by atomic mass is 10.1. The Bertz CT molecular complexity index is 726. The number of nitrogens with zero attached hydrogens (tertiary/aromatic N) is 6. The van der Waals surface area contributed by atoms with Crippen LogP contribution in [0.5, 0.6) is 0 Å². The van der Waals surface area contributed by atoms with Gasteiger partial charge in [-0.25, -0.2) is 9.07 Å². The van der Waals surface area contributed by atoms with E-state index in [4.69, 9.17) is 0 Å². The predicted octanol–water partition coefficient (Wildman–Crippen LogP) is 2.00. The van der Waals surface area contributed by atoms with Crippen molar-refractivity contribution in [2.75, 3.05) is 45.2 Å². The summed E-state index contributed by atoms with van der Waals surface area (Å²) in [4.78, 5) is 6.90. The third kappa shape index (κ3) is 3.33. The lowest BCUT2D eigenvalue weighted by Crippen LogP contribution is -2.36. The molecule has 0 spiro atoms. The zero-order valence-corrected chi connectivity index (χ0v) is 15.6. The van der Waals surface area contributed by atoms with Crippen LogP contribution in [-0.2, 0) is 6.54 Å². The van der Waals surface area contributed by atoms with Crippen LogP contribution in [0.25, 0.3) is 0 Å². The Morgan fingerprint density at radius 2 is 2.00 bits per heavy atom. The molecule has 0 N–H and O–H groups in total. The smallest absolute Gasteiger partial charge is 0.129 e. The van der Waals surface area contributed by atoms with Gasteiger partial charge in [-0.3, -0.25) is 4.90 Å². The summed E-state index contributed by atoms with van der Waals surface area (Å²) in [5.74, 6) is -0.0972. The van der Waals surface area contributed by atoms with Gasteiger partial charge in [0.1, 0.15) is 5.82 Å². The van der Waals surface area contributed by atoms with Gasteiger partial charge < -0.3 is 9.80 Å². The van der Waals surface area contributed by atoms with Crippen LogP contribution < -0.4 is 4.90 Å². The van der Waals surface area contributed by atoms with Gasteiger partial charge in [-0.2, -0.15) is 0 Å². The van der Waals surface area contributed by atoms with E-state index in [1.807, 2.05) is 16.9 Å². The number of aromatic nitrogens is 3. The second kappa shape index (κ2) is 7.32. The quantitative estimate of drug-likeness (QED) is 0.818. The topological polar surface area (TPSA) is 40.4 Å². The molecule has 3 heterocycles. The number of likely N-dealkylation sites (tertiary alicyclic amines) is 1. The number of anilines is 1. The molecule has 0 saturated carbocycles. The molecule has 0 radical (unpaired) electrons. The minimum Gasteiger partial charge on any atom is -0.371 e. The Labute approximate surface area is 154 Å². The number of hydrogen-bond acceptors (Lipinski definition) is 5. The summed E-state index contributed by atoms with van der Waals surface area (Å²) in [5.41, 5.74) is 1.89. The molecule has 1 aromatic carbocycles. The number of hydrogen-bond donors (Lipinski definition) is 0. The van der Waals surface area contributed by atoms with Gasteiger partial charge in [0.25, 0.3) is 0 Å². The van der Waals surface area contributed by atoms with E-state index in [2.05, 4.69) is 45.2 Å². The van der Waals surface area contributed by atoms with Crippen molar-refractivity contribution in [3.63, 3.8) is 0 Å². The van der Waals surface area contributed by atoms with E-state index in [-0.39, 0.29) is 11.9 Å². The highest BCUT2D eigenvalue weighted by Crippen LogP contribution is 2.31. The van der Waals surface area contributed by atoms with Gasteiger partial charge in [0.15, 0.2) is 0 Å². The molecule has 2 aliphatic heterocycles. The first-order valence-corrected chi connectivity index (χ1v) is 9.40.